The van der Waals surface area contributed by atoms with Gasteiger partial charge in [0.05, 0.1) is 16.7 Å². The fraction of sp³-hybridized carbons (Fsp3) is 0.278. The molecule has 2 aromatic carbocycles. The van der Waals surface area contributed by atoms with Gasteiger partial charge in [0.25, 0.3) is 10.0 Å². The van der Waals surface area contributed by atoms with E-state index in [0.717, 1.165) is 5.56 Å². The number of fused-ring (bicyclic) bond motifs is 1. The van der Waals surface area contributed by atoms with Gasteiger partial charge in [-0.15, -0.1) is 0 Å². The Morgan fingerprint density at radius 2 is 1.96 bits per heavy atom. The third kappa shape index (κ3) is 2.83. The van der Waals surface area contributed by atoms with Crippen molar-refractivity contribution in [2.45, 2.75) is 31.3 Å². The molecule has 0 fully saturated rings. The highest BCUT2D eigenvalue weighted by Crippen LogP contribution is 2.37. The van der Waals surface area contributed by atoms with Crippen LogP contribution in [0.1, 0.15) is 40.9 Å². The van der Waals surface area contributed by atoms with Crippen molar-refractivity contribution in [1.82, 2.24) is 0 Å². The number of aryl methyl sites for hydroxylation is 1. The maximum absolute atomic E-state index is 13.0. The van der Waals surface area contributed by atoms with Crippen LogP contribution in [0.5, 0.6) is 0 Å². The van der Waals surface area contributed by atoms with Crippen LogP contribution in [0.25, 0.3) is 0 Å². The topological polar surface area (TPSA) is 74.7 Å². The maximum atomic E-state index is 13.0. The standard InChI is InChI=1S/C18H19NO4S/c1-12-6-7-17-16(10-12)18(21)8-9-19(17)24(22,23)15-5-3-4-14(11-15)13(2)20/h3-7,10-11,18,21H,8-9H2,1-2H3. The number of rotatable bonds is 3. The summed E-state index contributed by atoms with van der Waals surface area (Å²) in [5, 5.41) is 10.2. The van der Waals surface area contributed by atoms with E-state index in [0.29, 0.717) is 23.2 Å². The molecule has 24 heavy (non-hydrogen) atoms. The van der Waals surface area contributed by atoms with E-state index < -0.39 is 16.1 Å². The quantitative estimate of drug-likeness (QED) is 0.868. The highest BCUT2D eigenvalue weighted by molar-refractivity contribution is 7.92. The molecule has 0 bridgehead atoms. The number of aliphatic hydroxyl groups excluding tert-OH is 1. The number of hydrogen-bond donors (Lipinski definition) is 1. The van der Waals surface area contributed by atoms with Crippen LogP contribution < -0.4 is 4.31 Å². The fourth-order valence-corrected chi connectivity index (χ4v) is 4.49. The number of hydrogen-bond acceptors (Lipinski definition) is 4. The Labute approximate surface area is 141 Å². The first kappa shape index (κ1) is 16.7. The zero-order valence-corrected chi connectivity index (χ0v) is 14.4. The molecule has 0 saturated carbocycles. The van der Waals surface area contributed by atoms with Gasteiger partial charge in [0.2, 0.25) is 0 Å². The Kier molecular flexibility index (Phi) is 4.19. The van der Waals surface area contributed by atoms with Crippen molar-refractivity contribution in [2.24, 2.45) is 0 Å². The lowest BCUT2D eigenvalue weighted by Crippen LogP contribution is -2.36. The number of carbonyl (C=O) groups is 1. The molecule has 126 valence electrons. The molecule has 1 heterocycles. The van der Waals surface area contributed by atoms with Gasteiger partial charge in [0.15, 0.2) is 5.78 Å². The lowest BCUT2D eigenvalue weighted by atomic mass is 9.99. The lowest BCUT2D eigenvalue weighted by molar-refractivity contribution is 0.101. The van der Waals surface area contributed by atoms with E-state index in [1.54, 1.807) is 18.2 Å². The van der Waals surface area contributed by atoms with Crippen LogP contribution in [-0.4, -0.2) is 25.9 Å². The van der Waals surface area contributed by atoms with Crippen molar-refractivity contribution in [3.05, 3.63) is 59.2 Å². The van der Waals surface area contributed by atoms with Crippen LogP contribution in [-0.2, 0) is 10.0 Å². The molecule has 3 rings (SSSR count). The third-order valence-electron chi connectivity index (χ3n) is 4.24. The SMILES string of the molecule is CC(=O)c1cccc(S(=O)(=O)N2CCC(O)c3cc(C)ccc32)c1. The van der Waals surface area contributed by atoms with Gasteiger partial charge < -0.3 is 5.11 Å². The second kappa shape index (κ2) is 6.03. The largest absolute Gasteiger partial charge is 0.388 e. The van der Waals surface area contributed by atoms with Gasteiger partial charge >= 0.3 is 0 Å². The first-order valence-corrected chi connectivity index (χ1v) is 9.17. The van der Waals surface area contributed by atoms with Gasteiger partial charge in [-0.1, -0.05) is 29.8 Å². The molecule has 6 heteroatoms. The first-order valence-electron chi connectivity index (χ1n) is 7.73. The lowest BCUT2D eigenvalue weighted by Gasteiger charge is -2.33. The number of aliphatic hydroxyl groups is 1. The van der Waals surface area contributed by atoms with Crippen molar-refractivity contribution in [1.29, 1.82) is 0 Å². The molecule has 1 unspecified atom stereocenters. The summed E-state index contributed by atoms with van der Waals surface area (Å²) in [6, 6.07) is 11.4. The summed E-state index contributed by atoms with van der Waals surface area (Å²) in [5.74, 6) is -0.183. The Morgan fingerprint density at radius 1 is 1.21 bits per heavy atom. The van der Waals surface area contributed by atoms with Crippen LogP contribution in [0.2, 0.25) is 0 Å². The second-order valence-corrected chi connectivity index (χ2v) is 7.89. The molecular weight excluding hydrogens is 326 g/mol. The van der Waals surface area contributed by atoms with Crippen LogP contribution in [0.15, 0.2) is 47.4 Å². The summed E-state index contributed by atoms with van der Waals surface area (Å²) in [6.07, 6.45) is -0.336. The first-order chi connectivity index (χ1) is 11.3. The summed E-state index contributed by atoms with van der Waals surface area (Å²) in [7, 11) is -3.80. The second-order valence-electron chi connectivity index (χ2n) is 6.03. The molecule has 0 amide bonds. The minimum absolute atomic E-state index is 0.0816. The van der Waals surface area contributed by atoms with Crippen molar-refractivity contribution < 1.29 is 18.3 Å². The smallest absolute Gasteiger partial charge is 0.264 e. The Bertz CT molecular complexity index is 905. The summed E-state index contributed by atoms with van der Waals surface area (Å²) < 4.78 is 27.4. The van der Waals surface area contributed by atoms with Crippen molar-refractivity contribution in [3.8, 4) is 0 Å². The van der Waals surface area contributed by atoms with Gasteiger partial charge in [-0.05, 0) is 38.5 Å². The van der Waals surface area contributed by atoms with Gasteiger partial charge in [-0.2, -0.15) is 0 Å². The molecule has 0 aromatic heterocycles. The van der Waals surface area contributed by atoms with Gasteiger partial charge in [-0.25, -0.2) is 8.42 Å². The number of sulfonamides is 1. The van der Waals surface area contributed by atoms with E-state index in [1.807, 2.05) is 19.1 Å². The Balaban J connectivity index is 2.10. The third-order valence-corrected chi connectivity index (χ3v) is 6.05. The van der Waals surface area contributed by atoms with Crippen LogP contribution >= 0.6 is 0 Å². The number of ketones is 1. The van der Waals surface area contributed by atoms with E-state index in [1.165, 1.54) is 23.4 Å². The number of nitrogens with zero attached hydrogens (tertiary/aromatic N) is 1. The zero-order chi connectivity index (χ0) is 17.5. The fourth-order valence-electron chi connectivity index (χ4n) is 2.94. The Morgan fingerprint density at radius 3 is 2.67 bits per heavy atom. The van der Waals surface area contributed by atoms with Crippen LogP contribution in [0.4, 0.5) is 5.69 Å². The molecule has 0 spiro atoms. The molecule has 0 saturated heterocycles. The molecule has 1 atom stereocenters. The minimum Gasteiger partial charge on any atom is -0.388 e. The van der Waals surface area contributed by atoms with Gasteiger partial charge in [-0.3, -0.25) is 9.10 Å². The normalized spacial score (nSPS) is 17.5. The van der Waals surface area contributed by atoms with E-state index in [2.05, 4.69) is 0 Å². The summed E-state index contributed by atoms with van der Waals surface area (Å²) in [5.41, 5.74) is 2.43. The zero-order valence-electron chi connectivity index (χ0n) is 13.6. The number of benzene rings is 2. The number of anilines is 1. The van der Waals surface area contributed by atoms with Crippen molar-refractivity contribution in [2.75, 3.05) is 10.8 Å². The van der Waals surface area contributed by atoms with E-state index >= 15 is 0 Å². The summed E-state index contributed by atoms with van der Waals surface area (Å²) in [6.45, 7) is 3.50. The van der Waals surface area contributed by atoms with Crippen molar-refractivity contribution >= 4 is 21.5 Å². The van der Waals surface area contributed by atoms with Crippen molar-refractivity contribution in [3.63, 3.8) is 0 Å². The molecular formula is C18H19NO4S. The predicted octanol–water partition coefficient (Wildman–Crippen LogP) is 2.83. The molecule has 1 N–H and O–H groups in total. The average Bonchev–Trinajstić information content (AvgIpc) is 2.55. The maximum Gasteiger partial charge on any atom is 0.264 e. The molecule has 1 aliphatic heterocycles. The Hall–Kier alpha value is -2.18. The van der Waals surface area contributed by atoms with Crippen LogP contribution in [0.3, 0.4) is 0 Å². The summed E-state index contributed by atoms with van der Waals surface area (Å²) in [4.78, 5) is 11.6. The highest BCUT2D eigenvalue weighted by Gasteiger charge is 2.32. The minimum atomic E-state index is -3.80. The molecule has 2 aromatic rings. The van der Waals surface area contributed by atoms with E-state index in [-0.39, 0.29) is 17.2 Å². The van der Waals surface area contributed by atoms with E-state index in [4.69, 9.17) is 0 Å². The number of Topliss-reactive ketones (excluding diaryl/α,β-unsaturated/α-hetero) is 1. The molecule has 5 nitrogen and oxygen atoms in total. The van der Waals surface area contributed by atoms with Gasteiger partial charge in [0.1, 0.15) is 0 Å². The number of carbonyl (C=O) groups excluding carboxylic acids is 1. The molecule has 0 radical (unpaired) electrons. The molecule has 0 aliphatic carbocycles. The average molecular weight is 345 g/mol. The highest BCUT2D eigenvalue weighted by atomic mass is 32.2. The molecule has 1 aliphatic rings. The summed E-state index contributed by atoms with van der Waals surface area (Å²) >= 11 is 0. The van der Waals surface area contributed by atoms with Crippen LogP contribution in [0, 0.1) is 6.92 Å². The van der Waals surface area contributed by atoms with E-state index in [9.17, 15) is 18.3 Å². The van der Waals surface area contributed by atoms with Gasteiger partial charge in [0, 0.05) is 17.7 Å². The predicted molar refractivity (Wildman–Crippen MR) is 91.7 cm³/mol. The monoisotopic (exact) mass is 345 g/mol.